The Morgan fingerprint density at radius 2 is 1.79 bits per heavy atom. The molecule has 1 heterocycles. The zero-order chi connectivity index (χ0) is 21.2. The van der Waals surface area contributed by atoms with Crippen molar-refractivity contribution in [3.8, 4) is 11.5 Å². The monoisotopic (exact) mass is 422 g/mol. The van der Waals surface area contributed by atoms with E-state index in [4.69, 9.17) is 9.47 Å². The molecule has 0 radical (unpaired) electrons. The van der Waals surface area contributed by atoms with E-state index in [0.717, 1.165) is 22.2 Å². The second-order valence-corrected chi connectivity index (χ2v) is 8.71. The van der Waals surface area contributed by atoms with Crippen molar-refractivity contribution in [1.82, 2.24) is 5.32 Å². The summed E-state index contributed by atoms with van der Waals surface area (Å²) < 4.78 is 50.2. The Labute approximate surface area is 169 Å². The lowest BCUT2D eigenvalue weighted by molar-refractivity contribution is -0.122. The zero-order valence-corrected chi connectivity index (χ0v) is 17.2. The van der Waals surface area contributed by atoms with Gasteiger partial charge in [-0.2, -0.15) is 0 Å². The predicted octanol–water partition coefficient (Wildman–Crippen LogP) is 2.63. The van der Waals surface area contributed by atoms with Gasteiger partial charge in [0.25, 0.3) is 0 Å². The van der Waals surface area contributed by atoms with Gasteiger partial charge in [-0.15, -0.1) is 0 Å². The Bertz CT molecular complexity index is 1010. The standard InChI is InChI=1S/C20H23FN2O5S/c1-13(15-7-8-18-19(11-15)28-10-9-27-18)22-20(24)14(2)23(29(3,25)26)17-6-4-5-16(21)12-17/h4-8,11-14H,9-10H2,1-3H3,(H,22,24)/t13-,14-/m0/s1. The van der Waals surface area contributed by atoms with Crippen LogP contribution < -0.4 is 19.1 Å². The van der Waals surface area contributed by atoms with Gasteiger partial charge in [0.1, 0.15) is 25.1 Å². The zero-order valence-electron chi connectivity index (χ0n) is 16.4. The minimum absolute atomic E-state index is 0.0853. The fraction of sp³-hybridized carbons (Fsp3) is 0.350. The molecule has 0 aliphatic carbocycles. The third-order valence-corrected chi connectivity index (χ3v) is 5.82. The molecule has 1 aliphatic heterocycles. The van der Waals surface area contributed by atoms with Crippen molar-refractivity contribution >= 4 is 21.6 Å². The van der Waals surface area contributed by atoms with Crippen LogP contribution >= 0.6 is 0 Å². The van der Waals surface area contributed by atoms with E-state index in [1.165, 1.54) is 25.1 Å². The van der Waals surface area contributed by atoms with Gasteiger partial charge in [0, 0.05) is 0 Å². The second kappa shape index (κ2) is 8.28. The maximum Gasteiger partial charge on any atom is 0.244 e. The summed E-state index contributed by atoms with van der Waals surface area (Å²) in [6, 6.07) is 9.00. The van der Waals surface area contributed by atoms with Gasteiger partial charge in [-0.1, -0.05) is 12.1 Å². The van der Waals surface area contributed by atoms with E-state index < -0.39 is 33.8 Å². The summed E-state index contributed by atoms with van der Waals surface area (Å²) in [6.07, 6.45) is 0.978. The van der Waals surface area contributed by atoms with E-state index >= 15 is 0 Å². The first-order valence-corrected chi connectivity index (χ1v) is 11.0. The molecule has 9 heteroatoms. The van der Waals surface area contributed by atoms with E-state index in [0.29, 0.717) is 24.7 Å². The van der Waals surface area contributed by atoms with Crippen molar-refractivity contribution in [1.29, 1.82) is 0 Å². The Morgan fingerprint density at radius 3 is 2.45 bits per heavy atom. The van der Waals surface area contributed by atoms with Crippen LogP contribution in [0.4, 0.5) is 10.1 Å². The molecule has 0 spiro atoms. The molecule has 1 aliphatic rings. The van der Waals surface area contributed by atoms with Crippen molar-refractivity contribution < 1.29 is 27.1 Å². The molecule has 1 N–H and O–H groups in total. The minimum atomic E-state index is -3.82. The quantitative estimate of drug-likeness (QED) is 0.774. The van der Waals surface area contributed by atoms with Gasteiger partial charge in [0.2, 0.25) is 15.9 Å². The third kappa shape index (κ3) is 4.79. The summed E-state index contributed by atoms with van der Waals surface area (Å²) in [4.78, 5) is 12.8. The molecule has 2 atom stereocenters. The molecular weight excluding hydrogens is 399 g/mol. The van der Waals surface area contributed by atoms with Crippen molar-refractivity contribution in [2.45, 2.75) is 25.9 Å². The number of anilines is 1. The molecule has 2 aromatic rings. The first-order chi connectivity index (χ1) is 13.7. The lowest BCUT2D eigenvalue weighted by atomic mass is 10.1. The van der Waals surface area contributed by atoms with E-state index in [1.54, 1.807) is 19.1 Å². The molecule has 1 amide bonds. The molecule has 0 fully saturated rings. The highest BCUT2D eigenvalue weighted by Gasteiger charge is 2.30. The van der Waals surface area contributed by atoms with Gasteiger partial charge in [-0.3, -0.25) is 9.10 Å². The maximum absolute atomic E-state index is 13.6. The Morgan fingerprint density at radius 1 is 1.10 bits per heavy atom. The Balaban J connectivity index is 1.79. The Hall–Kier alpha value is -2.81. The second-order valence-electron chi connectivity index (χ2n) is 6.85. The highest BCUT2D eigenvalue weighted by atomic mass is 32.2. The van der Waals surface area contributed by atoms with Crippen LogP contribution in [0.25, 0.3) is 0 Å². The molecule has 2 aromatic carbocycles. The molecule has 0 saturated carbocycles. The van der Waals surface area contributed by atoms with Crippen LogP contribution in [0.1, 0.15) is 25.5 Å². The lowest BCUT2D eigenvalue weighted by Crippen LogP contribution is -2.48. The summed E-state index contributed by atoms with van der Waals surface area (Å²) >= 11 is 0. The van der Waals surface area contributed by atoms with Crippen LogP contribution in [0, 0.1) is 5.82 Å². The molecule has 0 saturated heterocycles. The number of ether oxygens (including phenoxy) is 2. The van der Waals surface area contributed by atoms with Crippen molar-refractivity contribution in [3.05, 3.63) is 53.8 Å². The number of halogens is 1. The first kappa shape index (κ1) is 20.9. The van der Waals surface area contributed by atoms with Crippen LogP contribution in [-0.4, -0.2) is 39.8 Å². The number of hydrogen-bond acceptors (Lipinski definition) is 5. The van der Waals surface area contributed by atoms with Crippen LogP contribution in [0.15, 0.2) is 42.5 Å². The smallest absolute Gasteiger partial charge is 0.244 e. The number of hydrogen-bond donors (Lipinski definition) is 1. The van der Waals surface area contributed by atoms with Crippen LogP contribution in [0.5, 0.6) is 11.5 Å². The summed E-state index contributed by atoms with van der Waals surface area (Å²) in [5.41, 5.74) is 0.869. The van der Waals surface area contributed by atoms with Gasteiger partial charge in [-0.05, 0) is 49.7 Å². The molecular formula is C20H23FN2O5S. The molecule has 0 aromatic heterocycles. The summed E-state index contributed by atoms with van der Waals surface area (Å²) in [5.74, 6) is 0.136. The van der Waals surface area contributed by atoms with Crippen LogP contribution in [0.2, 0.25) is 0 Å². The topological polar surface area (TPSA) is 84.9 Å². The van der Waals surface area contributed by atoms with Crippen molar-refractivity contribution in [2.24, 2.45) is 0 Å². The predicted molar refractivity (Wildman–Crippen MR) is 107 cm³/mol. The highest BCUT2D eigenvalue weighted by molar-refractivity contribution is 7.92. The molecule has 29 heavy (non-hydrogen) atoms. The molecule has 3 rings (SSSR count). The van der Waals surface area contributed by atoms with E-state index in [2.05, 4.69) is 5.32 Å². The van der Waals surface area contributed by atoms with E-state index in [1.807, 2.05) is 6.07 Å². The van der Waals surface area contributed by atoms with Crippen molar-refractivity contribution in [2.75, 3.05) is 23.8 Å². The summed E-state index contributed by atoms with van der Waals surface area (Å²) in [6.45, 7) is 4.17. The van der Waals surface area contributed by atoms with Gasteiger partial charge >= 0.3 is 0 Å². The normalized spacial score (nSPS) is 15.3. The number of rotatable bonds is 6. The minimum Gasteiger partial charge on any atom is -0.486 e. The van der Waals surface area contributed by atoms with Crippen molar-refractivity contribution in [3.63, 3.8) is 0 Å². The number of nitrogens with one attached hydrogen (secondary N) is 1. The number of nitrogens with zero attached hydrogens (tertiary/aromatic N) is 1. The summed E-state index contributed by atoms with van der Waals surface area (Å²) in [5, 5.41) is 2.80. The van der Waals surface area contributed by atoms with Gasteiger partial charge in [0.05, 0.1) is 18.0 Å². The molecule has 0 unspecified atom stereocenters. The first-order valence-electron chi connectivity index (χ1n) is 9.11. The number of amides is 1. The molecule has 156 valence electrons. The van der Waals surface area contributed by atoms with Gasteiger partial charge in [0.15, 0.2) is 11.5 Å². The third-order valence-electron chi connectivity index (χ3n) is 4.58. The van der Waals surface area contributed by atoms with Crippen LogP contribution in [0.3, 0.4) is 0 Å². The average Bonchev–Trinajstić information content (AvgIpc) is 2.66. The molecule has 7 nitrogen and oxygen atoms in total. The van der Waals surface area contributed by atoms with E-state index in [9.17, 15) is 17.6 Å². The summed E-state index contributed by atoms with van der Waals surface area (Å²) in [7, 11) is -3.82. The number of fused-ring (bicyclic) bond motifs is 1. The fourth-order valence-corrected chi connectivity index (χ4v) is 4.34. The largest absolute Gasteiger partial charge is 0.486 e. The number of sulfonamides is 1. The number of carbonyl (C=O) groups is 1. The highest BCUT2D eigenvalue weighted by Crippen LogP contribution is 2.32. The average molecular weight is 422 g/mol. The van der Waals surface area contributed by atoms with Gasteiger partial charge in [-0.25, -0.2) is 12.8 Å². The lowest BCUT2D eigenvalue weighted by Gasteiger charge is -2.29. The van der Waals surface area contributed by atoms with Crippen LogP contribution in [-0.2, 0) is 14.8 Å². The fourth-order valence-electron chi connectivity index (χ4n) is 3.17. The maximum atomic E-state index is 13.6. The molecule has 0 bridgehead atoms. The van der Waals surface area contributed by atoms with E-state index in [-0.39, 0.29) is 5.69 Å². The van der Waals surface area contributed by atoms with Gasteiger partial charge < -0.3 is 14.8 Å². The SMILES string of the molecule is C[C@H](NC(=O)[C@H](C)N(c1cccc(F)c1)S(C)(=O)=O)c1ccc2c(c1)OCCO2. The number of carbonyl (C=O) groups excluding carboxylic acids is 1. The number of benzene rings is 2. The Kier molecular flexibility index (Phi) is 5.97.